The van der Waals surface area contributed by atoms with Crippen LogP contribution in [0.25, 0.3) is 15.7 Å². The number of nitrogens with zero attached hydrogens (tertiary/aromatic N) is 1. The van der Waals surface area contributed by atoms with Gasteiger partial charge in [0.15, 0.2) is 11.3 Å². The normalized spacial score (nSPS) is 14.3. The highest BCUT2D eigenvalue weighted by Crippen LogP contribution is 2.45. The summed E-state index contributed by atoms with van der Waals surface area (Å²) in [6.45, 7) is 10.2. The van der Waals surface area contributed by atoms with Gasteiger partial charge in [-0.3, -0.25) is 0 Å². The molecule has 4 nitrogen and oxygen atoms in total. The fraction of sp³-hybridized carbons (Fsp3) is 0.348. The molecule has 2 N–H and O–H groups in total. The van der Waals surface area contributed by atoms with Crippen LogP contribution < -0.4 is 4.74 Å². The molecule has 1 aromatic heterocycles. The molecule has 1 heterocycles. The number of fused-ring (bicyclic) bond motifs is 1. The van der Waals surface area contributed by atoms with E-state index in [0.717, 1.165) is 12.1 Å². The second-order valence-corrected chi connectivity index (χ2v) is 8.26. The number of aliphatic hydroxyl groups is 1. The highest BCUT2D eigenvalue weighted by atomic mass is 19.4. The molecule has 164 valence electrons. The fourth-order valence-corrected chi connectivity index (χ4v) is 4.00. The van der Waals surface area contributed by atoms with Crippen molar-refractivity contribution in [1.29, 1.82) is 0 Å². The summed E-state index contributed by atoms with van der Waals surface area (Å²) in [5, 5.41) is 11.3. The van der Waals surface area contributed by atoms with Gasteiger partial charge in [-0.1, -0.05) is 26.0 Å². The molecule has 0 amide bonds. The molecular weight excluding hydrogens is 412 g/mol. The van der Waals surface area contributed by atoms with Crippen LogP contribution in [0.5, 0.6) is 5.75 Å². The molecule has 0 aliphatic heterocycles. The zero-order valence-electron chi connectivity index (χ0n) is 17.3. The average molecular weight is 434 g/mol. The van der Waals surface area contributed by atoms with E-state index in [2.05, 4.69) is 9.83 Å². The van der Waals surface area contributed by atoms with Crippen LogP contribution in [-0.4, -0.2) is 29.0 Å². The summed E-state index contributed by atoms with van der Waals surface area (Å²) in [4.78, 5) is 6.25. The third-order valence-corrected chi connectivity index (χ3v) is 5.45. The SMILES string of the molecule is [C-]#[N+]c1cccc2[nH]c(CC(O)(CC(C)(C)c3cc(F)ccc3OC)C(F)(F)F)cc12. The Hall–Kier alpha value is -3.05. The number of rotatable bonds is 6. The molecule has 3 aromatic rings. The van der Waals surface area contributed by atoms with Gasteiger partial charge in [0, 0.05) is 28.6 Å². The zero-order valence-corrected chi connectivity index (χ0v) is 17.3. The third-order valence-electron chi connectivity index (χ3n) is 5.45. The van der Waals surface area contributed by atoms with E-state index in [4.69, 9.17) is 11.3 Å². The number of aromatic amines is 1. The van der Waals surface area contributed by atoms with E-state index in [-0.39, 0.29) is 17.0 Å². The maximum absolute atomic E-state index is 14.1. The summed E-state index contributed by atoms with van der Waals surface area (Å²) >= 11 is 0. The van der Waals surface area contributed by atoms with E-state index >= 15 is 0 Å². The summed E-state index contributed by atoms with van der Waals surface area (Å²) < 4.78 is 61.3. The molecule has 0 saturated heterocycles. The van der Waals surface area contributed by atoms with Gasteiger partial charge >= 0.3 is 6.18 Å². The molecule has 2 aromatic carbocycles. The van der Waals surface area contributed by atoms with Crippen LogP contribution in [0.2, 0.25) is 0 Å². The van der Waals surface area contributed by atoms with Gasteiger partial charge in [-0.25, -0.2) is 9.24 Å². The van der Waals surface area contributed by atoms with Gasteiger partial charge < -0.3 is 14.8 Å². The maximum atomic E-state index is 14.1. The molecule has 0 fully saturated rings. The van der Waals surface area contributed by atoms with Crippen LogP contribution in [0.1, 0.15) is 31.5 Å². The van der Waals surface area contributed by atoms with Crippen molar-refractivity contribution in [3.8, 4) is 5.75 Å². The number of hydrogen-bond donors (Lipinski definition) is 2. The highest BCUT2D eigenvalue weighted by molar-refractivity contribution is 5.93. The van der Waals surface area contributed by atoms with E-state index < -0.39 is 35.9 Å². The fourth-order valence-electron chi connectivity index (χ4n) is 4.00. The first-order chi connectivity index (χ1) is 14.4. The van der Waals surface area contributed by atoms with E-state index in [1.54, 1.807) is 18.2 Å². The third kappa shape index (κ3) is 4.37. The van der Waals surface area contributed by atoms with Gasteiger partial charge in [-0.15, -0.1) is 0 Å². The number of methoxy groups -OCH3 is 1. The lowest BCUT2D eigenvalue weighted by atomic mass is 9.73. The summed E-state index contributed by atoms with van der Waals surface area (Å²) in [5.74, 6) is -0.370. The van der Waals surface area contributed by atoms with Crippen molar-refractivity contribution >= 4 is 16.6 Å². The van der Waals surface area contributed by atoms with Gasteiger partial charge in [-0.05, 0) is 42.2 Å². The monoisotopic (exact) mass is 434 g/mol. The molecule has 0 aliphatic carbocycles. The Labute approximate surface area is 177 Å². The van der Waals surface area contributed by atoms with E-state index in [0.29, 0.717) is 16.6 Å². The molecular formula is C23H22F4N2O2. The van der Waals surface area contributed by atoms with Crippen LogP contribution >= 0.6 is 0 Å². The standard InChI is InChI=1S/C23H22F4N2O2/c1-21(2,17-10-14(24)8-9-20(17)31-4)13-22(30,23(25,26)27)12-15-11-16-18(28-3)6-5-7-19(16)29-15/h5-11,29-30H,12-13H2,1-2,4H3. The number of hydrogen-bond acceptors (Lipinski definition) is 2. The van der Waals surface area contributed by atoms with E-state index in [1.807, 2.05) is 0 Å². The molecule has 0 spiro atoms. The minimum atomic E-state index is -4.95. The first-order valence-electron chi connectivity index (χ1n) is 9.51. The first-order valence-corrected chi connectivity index (χ1v) is 9.51. The van der Waals surface area contributed by atoms with Crippen molar-refractivity contribution in [1.82, 2.24) is 4.98 Å². The van der Waals surface area contributed by atoms with E-state index in [9.17, 15) is 22.7 Å². The van der Waals surface area contributed by atoms with Crippen molar-refractivity contribution in [2.45, 2.75) is 43.9 Å². The van der Waals surface area contributed by atoms with Gasteiger partial charge in [-0.2, -0.15) is 13.2 Å². The van der Waals surface area contributed by atoms with Crippen LogP contribution in [-0.2, 0) is 11.8 Å². The Bertz CT molecular complexity index is 1140. The summed E-state index contributed by atoms with van der Waals surface area (Å²) in [7, 11) is 1.35. The Kier molecular flexibility index (Phi) is 5.76. The summed E-state index contributed by atoms with van der Waals surface area (Å²) in [6.07, 6.45) is -6.43. The Morgan fingerprint density at radius 2 is 1.84 bits per heavy atom. The molecule has 0 radical (unpaired) electrons. The number of H-pyrrole nitrogens is 1. The summed E-state index contributed by atoms with van der Waals surface area (Å²) in [5.41, 5.74) is -3.18. The molecule has 0 saturated carbocycles. The lowest BCUT2D eigenvalue weighted by molar-refractivity contribution is -0.266. The van der Waals surface area contributed by atoms with Crippen molar-refractivity contribution in [3.63, 3.8) is 0 Å². The molecule has 31 heavy (non-hydrogen) atoms. The van der Waals surface area contributed by atoms with E-state index in [1.165, 1.54) is 33.1 Å². The van der Waals surface area contributed by atoms with Gasteiger partial charge in [0.1, 0.15) is 11.6 Å². The maximum Gasteiger partial charge on any atom is 0.417 e. The Morgan fingerprint density at radius 1 is 1.13 bits per heavy atom. The van der Waals surface area contributed by atoms with Crippen molar-refractivity contribution in [2.75, 3.05) is 7.11 Å². The number of benzene rings is 2. The van der Waals surface area contributed by atoms with Crippen molar-refractivity contribution in [3.05, 3.63) is 71.0 Å². The quantitative estimate of drug-likeness (QED) is 0.365. The van der Waals surface area contributed by atoms with Gasteiger partial charge in [0.25, 0.3) is 0 Å². The topological polar surface area (TPSA) is 49.6 Å². The van der Waals surface area contributed by atoms with Crippen LogP contribution in [0, 0.1) is 12.4 Å². The first kappa shape index (κ1) is 22.6. The van der Waals surface area contributed by atoms with Crippen molar-refractivity contribution < 1.29 is 27.4 Å². The predicted octanol–water partition coefficient (Wildman–Crippen LogP) is 6.07. The van der Waals surface area contributed by atoms with Crippen LogP contribution in [0.4, 0.5) is 23.2 Å². The second kappa shape index (κ2) is 7.89. The lowest BCUT2D eigenvalue weighted by Crippen LogP contribution is -2.51. The molecule has 1 atom stereocenters. The highest BCUT2D eigenvalue weighted by Gasteiger charge is 2.56. The molecule has 0 bridgehead atoms. The van der Waals surface area contributed by atoms with Gasteiger partial charge in [0.05, 0.1) is 13.7 Å². The Morgan fingerprint density at radius 3 is 2.45 bits per heavy atom. The number of ether oxygens (including phenoxy) is 1. The largest absolute Gasteiger partial charge is 0.496 e. The van der Waals surface area contributed by atoms with Crippen LogP contribution in [0.15, 0.2) is 42.5 Å². The number of nitrogens with one attached hydrogen (secondary N) is 1. The average Bonchev–Trinajstić information content (AvgIpc) is 3.08. The number of alkyl halides is 3. The minimum Gasteiger partial charge on any atom is -0.496 e. The smallest absolute Gasteiger partial charge is 0.417 e. The molecule has 8 heteroatoms. The minimum absolute atomic E-state index is 0.146. The van der Waals surface area contributed by atoms with Crippen LogP contribution in [0.3, 0.4) is 0 Å². The summed E-state index contributed by atoms with van der Waals surface area (Å²) in [6, 6.07) is 9.95. The zero-order chi connectivity index (χ0) is 23.0. The Balaban J connectivity index is 2.02. The lowest BCUT2D eigenvalue weighted by Gasteiger charge is -2.38. The molecule has 3 rings (SSSR count). The molecule has 0 aliphatic rings. The molecule has 1 unspecified atom stereocenters. The van der Waals surface area contributed by atoms with Gasteiger partial charge in [0.2, 0.25) is 0 Å². The van der Waals surface area contributed by atoms with Crippen molar-refractivity contribution in [2.24, 2.45) is 0 Å². The second-order valence-electron chi connectivity index (χ2n) is 8.26. The predicted molar refractivity (Wildman–Crippen MR) is 110 cm³/mol. The number of halogens is 4. The number of aromatic nitrogens is 1.